The van der Waals surface area contributed by atoms with E-state index in [-0.39, 0.29) is 0 Å². The molecule has 0 aliphatic heterocycles. The first kappa shape index (κ1) is 11.9. The van der Waals surface area contributed by atoms with E-state index in [1.54, 1.807) is 0 Å². The first-order chi connectivity index (χ1) is 7.75. The molecule has 0 aromatic rings. The van der Waals surface area contributed by atoms with Gasteiger partial charge in [0.05, 0.1) is 0 Å². The van der Waals surface area contributed by atoms with Crippen LogP contribution in [0.5, 0.6) is 0 Å². The van der Waals surface area contributed by atoms with Gasteiger partial charge in [-0.05, 0) is 55.8 Å². The summed E-state index contributed by atoms with van der Waals surface area (Å²) < 4.78 is 0. The van der Waals surface area contributed by atoms with Crippen molar-refractivity contribution in [3.05, 3.63) is 12.2 Å². The van der Waals surface area contributed by atoms with Crippen molar-refractivity contribution < 1.29 is 4.79 Å². The molecule has 1 nitrogen and oxygen atoms in total. The Morgan fingerprint density at radius 2 is 2.06 bits per heavy atom. The standard InChI is InChI=1S/C15H24O/c1-3-15(4-2)9-5-6-13-8-7-12(11-16)10-14(13)15/h5,9,11-14H,3-4,6-8,10H2,1-2H3. The van der Waals surface area contributed by atoms with Crippen LogP contribution in [-0.2, 0) is 4.79 Å². The SMILES string of the molecule is CCC1(CC)C=CCC2CCC(C=O)CC21. The average molecular weight is 220 g/mol. The molecule has 90 valence electrons. The van der Waals surface area contributed by atoms with Gasteiger partial charge in [-0.25, -0.2) is 0 Å². The summed E-state index contributed by atoms with van der Waals surface area (Å²) in [6, 6.07) is 0. The number of allylic oxidation sites excluding steroid dienone is 2. The summed E-state index contributed by atoms with van der Waals surface area (Å²) in [6.07, 6.45) is 13.3. The summed E-state index contributed by atoms with van der Waals surface area (Å²) in [6.45, 7) is 4.61. The van der Waals surface area contributed by atoms with Crippen molar-refractivity contribution in [3.8, 4) is 0 Å². The van der Waals surface area contributed by atoms with Gasteiger partial charge in [0.15, 0.2) is 0 Å². The van der Waals surface area contributed by atoms with E-state index in [9.17, 15) is 4.79 Å². The molecule has 0 bridgehead atoms. The van der Waals surface area contributed by atoms with Gasteiger partial charge in [0, 0.05) is 5.92 Å². The van der Waals surface area contributed by atoms with Crippen molar-refractivity contribution in [2.45, 2.75) is 52.4 Å². The lowest BCUT2D eigenvalue weighted by Gasteiger charge is -2.48. The first-order valence-electron chi connectivity index (χ1n) is 6.88. The van der Waals surface area contributed by atoms with Gasteiger partial charge in [0.1, 0.15) is 6.29 Å². The lowest BCUT2D eigenvalue weighted by Crippen LogP contribution is -2.40. The summed E-state index contributed by atoms with van der Waals surface area (Å²) in [7, 11) is 0. The second-order valence-electron chi connectivity index (χ2n) is 5.65. The zero-order chi connectivity index (χ0) is 11.6. The number of carbonyl (C=O) groups is 1. The van der Waals surface area contributed by atoms with Crippen LogP contribution < -0.4 is 0 Å². The highest BCUT2D eigenvalue weighted by atomic mass is 16.1. The molecule has 0 radical (unpaired) electrons. The predicted octanol–water partition coefficient (Wildman–Crippen LogP) is 3.98. The van der Waals surface area contributed by atoms with Crippen LogP contribution in [0.25, 0.3) is 0 Å². The Morgan fingerprint density at radius 3 is 2.69 bits per heavy atom. The van der Waals surface area contributed by atoms with Crippen molar-refractivity contribution in [3.63, 3.8) is 0 Å². The third kappa shape index (κ3) is 1.85. The number of hydrogen-bond acceptors (Lipinski definition) is 1. The number of hydrogen-bond donors (Lipinski definition) is 0. The van der Waals surface area contributed by atoms with Gasteiger partial charge in [-0.15, -0.1) is 0 Å². The minimum Gasteiger partial charge on any atom is -0.303 e. The van der Waals surface area contributed by atoms with Crippen molar-refractivity contribution >= 4 is 6.29 Å². The summed E-state index contributed by atoms with van der Waals surface area (Å²) in [5.74, 6) is 1.95. The van der Waals surface area contributed by atoms with Crippen LogP contribution in [0.2, 0.25) is 0 Å². The summed E-state index contributed by atoms with van der Waals surface area (Å²) in [4.78, 5) is 11.0. The van der Waals surface area contributed by atoms with Crippen LogP contribution in [0.15, 0.2) is 12.2 Å². The van der Waals surface area contributed by atoms with E-state index in [4.69, 9.17) is 0 Å². The van der Waals surface area contributed by atoms with Gasteiger partial charge in [0.25, 0.3) is 0 Å². The molecule has 0 spiro atoms. The summed E-state index contributed by atoms with van der Waals surface area (Å²) in [5.41, 5.74) is 0.393. The summed E-state index contributed by atoms with van der Waals surface area (Å²) in [5, 5.41) is 0. The Kier molecular flexibility index (Phi) is 3.51. The molecule has 3 unspecified atom stereocenters. The molecule has 2 rings (SSSR count). The maximum atomic E-state index is 11.0. The molecule has 2 aliphatic rings. The van der Waals surface area contributed by atoms with E-state index in [1.165, 1.54) is 32.0 Å². The first-order valence-corrected chi connectivity index (χ1v) is 6.88. The maximum Gasteiger partial charge on any atom is 0.123 e. The second kappa shape index (κ2) is 4.73. The number of aldehydes is 1. The van der Waals surface area contributed by atoms with Crippen LogP contribution in [-0.4, -0.2) is 6.29 Å². The molecule has 2 aliphatic carbocycles. The van der Waals surface area contributed by atoms with Crippen LogP contribution in [0.1, 0.15) is 52.4 Å². The minimum atomic E-state index is 0.338. The Morgan fingerprint density at radius 1 is 1.31 bits per heavy atom. The van der Waals surface area contributed by atoms with E-state index < -0.39 is 0 Å². The third-order valence-corrected chi connectivity index (χ3v) is 5.17. The molecular weight excluding hydrogens is 196 g/mol. The van der Waals surface area contributed by atoms with E-state index >= 15 is 0 Å². The van der Waals surface area contributed by atoms with Gasteiger partial charge in [-0.2, -0.15) is 0 Å². The highest BCUT2D eigenvalue weighted by molar-refractivity contribution is 5.53. The second-order valence-corrected chi connectivity index (χ2v) is 5.65. The number of rotatable bonds is 3. The predicted molar refractivity (Wildman–Crippen MR) is 67.2 cm³/mol. The lowest BCUT2D eigenvalue weighted by molar-refractivity contribution is -0.113. The molecule has 1 saturated carbocycles. The highest BCUT2D eigenvalue weighted by Gasteiger charge is 2.43. The van der Waals surface area contributed by atoms with Crippen LogP contribution in [0.4, 0.5) is 0 Å². The Bertz CT molecular complexity index is 275. The van der Waals surface area contributed by atoms with Gasteiger partial charge < -0.3 is 4.79 Å². The molecule has 0 amide bonds. The fraction of sp³-hybridized carbons (Fsp3) is 0.800. The highest BCUT2D eigenvalue weighted by Crippen LogP contribution is 2.52. The van der Waals surface area contributed by atoms with Crippen molar-refractivity contribution in [2.24, 2.45) is 23.2 Å². The van der Waals surface area contributed by atoms with Crippen LogP contribution in [0, 0.1) is 23.2 Å². The van der Waals surface area contributed by atoms with E-state index in [0.29, 0.717) is 11.3 Å². The van der Waals surface area contributed by atoms with Gasteiger partial charge in [-0.1, -0.05) is 26.0 Å². The normalized spacial score (nSPS) is 36.8. The zero-order valence-corrected chi connectivity index (χ0v) is 10.6. The van der Waals surface area contributed by atoms with E-state index in [0.717, 1.165) is 24.7 Å². The average Bonchev–Trinajstić information content (AvgIpc) is 2.37. The molecular formula is C15H24O. The molecule has 0 heterocycles. The number of carbonyl (C=O) groups excluding carboxylic acids is 1. The van der Waals surface area contributed by atoms with Crippen molar-refractivity contribution in [1.82, 2.24) is 0 Å². The van der Waals surface area contributed by atoms with Gasteiger partial charge >= 0.3 is 0 Å². The zero-order valence-electron chi connectivity index (χ0n) is 10.6. The largest absolute Gasteiger partial charge is 0.303 e. The molecule has 3 atom stereocenters. The fourth-order valence-electron chi connectivity index (χ4n) is 3.99. The summed E-state index contributed by atoms with van der Waals surface area (Å²) >= 11 is 0. The monoisotopic (exact) mass is 220 g/mol. The molecule has 1 fully saturated rings. The molecule has 0 aromatic heterocycles. The number of fused-ring (bicyclic) bond motifs is 1. The van der Waals surface area contributed by atoms with E-state index in [2.05, 4.69) is 26.0 Å². The van der Waals surface area contributed by atoms with E-state index in [1.807, 2.05) is 0 Å². The smallest absolute Gasteiger partial charge is 0.123 e. The maximum absolute atomic E-state index is 11.0. The van der Waals surface area contributed by atoms with Crippen molar-refractivity contribution in [2.75, 3.05) is 0 Å². The Balaban J connectivity index is 2.22. The molecule has 1 heteroatoms. The molecule has 16 heavy (non-hydrogen) atoms. The minimum absolute atomic E-state index is 0.338. The lowest BCUT2D eigenvalue weighted by atomic mass is 9.56. The molecule has 0 aromatic carbocycles. The fourth-order valence-corrected chi connectivity index (χ4v) is 3.99. The van der Waals surface area contributed by atoms with Crippen LogP contribution in [0.3, 0.4) is 0 Å². The van der Waals surface area contributed by atoms with Gasteiger partial charge in [-0.3, -0.25) is 0 Å². The Hall–Kier alpha value is -0.590. The molecule has 0 N–H and O–H groups in total. The van der Waals surface area contributed by atoms with Crippen LogP contribution >= 0.6 is 0 Å². The topological polar surface area (TPSA) is 17.1 Å². The Labute approximate surface area is 99.3 Å². The molecule has 0 saturated heterocycles. The van der Waals surface area contributed by atoms with Gasteiger partial charge in [0.2, 0.25) is 0 Å². The van der Waals surface area contributed by atoms with Crippen molar-refractivity contribution in [1.29, 1.82) is 0 Å². The quantitative estimate of drug-likeness (QED) is 0.519. The third-order valence-electron chi connectivity index (χ3n) is 5.17.